The van der Waals surface area contributed by atoms with E-state index in [1.165, 1.54) is 12.4 Å². The Bertz CT molecular complexity index is 1440. The molecule has 35 heavy (non-hydrogen) atoms. The first-order chi connectivity index (χ1) is 17.0. The van der Waals surface area contributed by atoms with Gasteiger partial charge in [0.25, 0.3) is 0 Å². The number of anilines is 2. The van der Waals surface area contributed by atoms with E-state index in [0.29, 0.717) is 57.3 Å². The number of halogens is 1. The first kappa shape index (κ1) is 23.0. The predicted molar refractivity (Wildman–Crippen MR) is 132 cm³/mol. The number of carboxylic acids is 1. The highest BCUT2D eigenvalue weighted by Gasteiger charge is 2.17. The second-order valence-corrected chi connectivity index (χ2v) is 8.57. The Morgan fingerprint density at radius 2 is 2.09 bits per heavy atom. The number of benzene rings is 2. The van der Waals surface area contributed by atoms with Crippen LogP contribution in [-0.2, 0) is 4.79 Å². The lowest BCUT2D eigenvalue weighted by Gasteiger charge is -2.19. The molecule has 3 heterocycles. The van der Waals surface area contributed by atoms with Crippen LogP contribution in [-0.4, -0.2) is 62.6 Å². The van der Waals surface area contributed by atoms with Crippen LogP contribution in [0.15, 0.2) is 47.6 Å². The number of nitrogens with zero attached hydrogens (tertiary/aromatic N) is 4. The third-order valence-corrected chi connectivity index (χ3v) is 6.31. The maximum absolute atomic E-state index is 11.1. The normalized spacial score (nSPS) is 13.8. The van der Waals surface area contributed by atoms with E-state index >= 15 is 0 Å². The molecule has 0 spiro atoms. The Morgan fingerprint density at radius 3 is 2.89 bits per heavy atom. The molecule has 178 valence electrons. The van der Waals surface area contributed by atoms with E-state index in [9.17, 15) is 4.79 Å². The lowest BCUT2D eigenvalue weighted by atomic mass is 10.0. The highest BCUT2D eigenvalue weighted by molar-refractivity contribution is 7.13. The van der Waals surface area contributed by atoms with Gasteiger partial charge in [-0.1, -0.05) is 29.8 Å². The van der Waals surface area contributed by atoms with Crippen LogP contribution in [0.3, 0.4) is 0 Å². The van der Waals surface area contributed by atoms with Gasteiger partial charge < -0.3 is 25.0 Å². The van der Waals surface area contributed by atoms with Crippen molar-refractivity contribution in [2.24, 2.45) is 4.99 Å². The molecule has 3 N–H and O–H groups in total. The van der Waals surface area contributed by atoms with Crippen LogP contribution in [0.1, 0.15) is 5.69 Å². The Labute approximate surface area is 208 Å². The minimum atomic E-state index is -1.27. The van der Waals surface area contributed by atoms with Crippen molar-refractivity contribution in [1.29, 1.82) is 0 Å². The highest BCUT2D eigenvalue weighted by atomic mass is 35.5. The third-order valence-electron chi connectivity index (χ3n) is 5.15. The number of nitrogens with one attached hydrogen (secondary N) is 1. The minimum absolute atomic E-state index is 0.330. The van der Waals surface area contributed by atoms with Crippen LogP contribution in [0.25, 0.3) is 21.5 Å². The van der Waals surface area contributed by atoms with Gasteiger partial charge in [0, 0.05) is 11.8 Å². The summed E-state index contributed by atoms with van der Waals surface area (Å²) in [5.74, 6) is 0.589. The SMILES string of the molecule is O=C(O)[C@H](CO)N=Cc1cnc2snc(Nc3cccc(-c4ccc5c(c4)OCCO5)c3Cl)c2n1. The average molecular weight is 512 g/mol. The number of hydrogen-bond donors (Lipinski definition) is 3. The molecule has 0 unspecified atom stereocenters. The van der Waals surface area contributed by atoms with Crippen molar-refractivity contribution in [3.8, 4) is 22.6 Å². The van der Waals surface area contributed by atoms with E-state index in [1.54, 1.807) is 0 Å². The van der Waals surface area contributed by atoms with Crippen molar-refractivity contribution in [2.75, 3.05) is 25.1 Å². The zero-order valence-corrected chi connectivity index (χ0v) is 19.6. The molecule has 10 nitrogen and oxygen atoms in total. The standard InChI is InChI=1S/C23H18ClN5O5S/c24-19-14(12-4-5-17-18(8-12)34-7-6-33-17)2-1-3-15(19)28-21-20-22(35-29-21)26-10-13(27-20)9-25-16(11-30)23(31)32/h1-5,8-10,16,30H,6-7,11H2,(H,28,29)(H,31,32)/t16-/m0/s1. The number of aliphatic imine (C=N–C) groups is 1. The highest BCUT2D eigenvalue weighted by Crippen LogP contribution is 2.40. The van der Waals surface area contributed by atoms with Crippen LogP contribution >= 0.6 is 23.1 Å². The molecule has 1 atom stereocenters. The van der Waals surface area contributed by atoms with E-state index in [1.807, 2.05) is 36.4 Å². The molecule has 0 radical (unpaired) electrons. The minimum Gasteiger partial charge on any atom is -0.486 e. The van der Waals surface area contributed by atoms with E-state index in [2.05, 4.69) is 24.7 Å². The quantitative estimate of drug-likeness (QED) is 0.316. The lowest BCUT2D eigenvalue weighted by Crippen LogP contribution is -2.22. The van der Waals surface area contributed by atoms with Gasteiger partial charge in [0.1, 0.15) is 24.4 Å². The molecule has 0 fully saturated rings. The maximum Gasteiger partial charge on any atom is 0.330 e. The number of rotatable bonds is 7. The number of aliphatic hydroxyl groups excluding tert-OH is 1. The van der Waals surface area contributed by atoms with Gasteiger partial charge in [-0.15, -0.1) is 0 Å². The average Bonchev–Trinajstić information content (AvgIpc) is 3.27. The smallest absolute Gasteiger partial charge is 0.330 e. The first-order valence-corrected chi connectivity index (χ1v) is 11.6. The number of aliphatic carboxylic acids is 1. The summed E-state index contributed by atoms with van der Waals surface area (Å²) in [5.41, 5.74) is 3.11. The fourth-order valence-corrected chi connectivity index (χ4v) is 4.36. The van der Waals surface area contributed by atoms with Gasteiger partial charge in [-0.05, 0) is 35.3 Å². The number of hydrogen-bond acceptors (Lipinski definition) is 10. The topological polar surface area (TPSA) is 139 Å². The molecule has 2 aromatic carbocycles. The molecule has 0 aliphatic carbocycles. The molecule has 2 aromatic heterocycles. The van der Waals surface area contributed by atoms with Gasteiger partial charge >= 0.3 is 5.97 Å². The van der Waals surface area contributed by atoms with Crippen molar-refractivity contribution in [2.45, 2.75) is 6.04 Å². The molecule has 5 rings (SSSR count). The first-order valence-electron chi connectivity index (χ1n) is 10.5. The Hall–Kier alpha value is -3.80. The predicted octanol–water partition coefficient (Wildman–Crippen LogP) is 3.79. The number of carboxylic acid groups (broad SMARTS) is 1. The molecule has 0 bridgehead atoms. The molecular formula is C23H18ClN5O5S. The largest absolute Gasteiger partial charge is 0.486 e. The number of carbonyl (C=O) groups is 1. The van der Waals surface area contributed by atoms with Crippen LogP contribution in [0, 0.1) is 0 Å². The summed E-state index contributed by atoms with van der Waals surface area (Å²) < 4.78 is 15.7. The van der Waals surface area contributed by atoms with Crippen molar-refractivity contribution in [3.63, 3.8) is 0 Å². The van der Waals surface area contributed by atoms with Crippen molar-refractivity contribution >= 4 is 57.2 Å². The summed E-state index contributed by atoms with van der Waals surface area (Å²) in [6.07, 6.45) is 2.72. The Kier molecular flexibility index (Phi) is 6.45. The van der Waals surface area contributed by atoms with Crippen molar-refractivity contribution < 1.29 is 24.5 Å². The van der Waals surface area contributed by atoms with E-state index < -0.39 is 18.6 Å². The van der Waals surface area contributed by atoms with Gasteiger partial charge in [-0.3, -0.25) is 4.99 Å². The summed E-state index contributed by atoms with van der Waals surface area (Å²) in [4.78, 5) is 24.3. The van der Waals surface area contributed by atoms with Gasteiger partial charge in [0.2, 0.25) is 0 Å². The summed E-state index contributed by atoms with van der Waals surface area (Å²) in [6, 6.07) is 10.0. The lowest BCUT2D eigenvalue weighted by molar-refractivity contribution is -0.139. The summed E-state index contributed by atoms with van der Waals surface area (Å²) >= 11 is 7.92. The van der Waals surface area contributed by atoms with Crippen LogP contribution in [0.4, 0.5) is 11.5 Å². The summed E-state index contributed by atoms with van der Waals surface area (Å²) in [7, 11) is 0. The monoisotopic (exact) mass is 511 g/mol. The van der Waals surface area contributed by atoms with Crippen molar-refractivity contribution in [3.05, 3.63) is 53.3 Å². The maximum atomic E-state index is 11.1. The number of fused-ring (bicyclic) bond motifs is 2. The van der Waals surface area contributed by atoms with Crippen LogP contribution in [0.2, 0.25) is 5.02 Å². The fraction of sp³-hybridized carbons (Fsp3) is 0.174. The van der Waals surface area contributed by atoms with Crippen LogP contribution in [0.5, 0.6) is 11.5 Å². The number of ether oxygens (including phenoxy) is 2. The van der Waals surface area contributed by atoms with E-state index in [0.717, 1.165) is 22.7 Å². The molecular weight excluding hydrogens is 494 g/mol. The third kappa shape index (κ3) is 4.74. The van der Waals surface area contributed by atoms with Crippen LogP contribution < -0.4 is 14.8 Å². The summed E-state index contributed by atoms with van der Waals surface area (Å²) in [5, 5.41) is 21.9. The molecule has 12 heteroatoms. The molecule has 1 aliphatic rings. The Morgan fingerprint density at radius 1 is 1.26 bits per heavy atom. The molecule has 4 aromatic rings. The van der Waals surface area contributed by atoms with E-state index in [-0.39, 0.29) is 0 Å². The second kappa shape index (κ2) is 9.82. The number of aliphatic hydroxyl groups is 1. The molecule has 0 saturated heterocycles. The van der Waals surface area contributed by atoms with Gasteiger partial charge in [0.15, 0.2) is 28.2 Å². The zero-order valence-electron chi connectivity index (χ0n) is 18.0. The van der Waals surface area contributed by atoms with Gasteiger partial charge in [-0.25, -0.2) is 14.8 Å². The Balaban J connectivity index is 1.44. The molecule has 0 saturated carbocycles. The fourth-order valence-electron chi connectivity index (χ4n) is 3.43. The number of aromatic nitrogens is 3. The second-order valence-electron chi connectivity index (χ2n) is 7.45. The summed E-state index contributed by atoms with van der Waals surface area (Å²) in [6.45, 7) is 0.395. The van der Waals surface area contributed by atoms with Gasteiger partial charge in [0.05, 0.1) is 23.5 Å². The van der Waals surface area contributed by atoms with E-state index in [4.69, 9.17) is 31.3 Å². The zero-order chi connectivity index (χ0) is 24.4. The van der Waals surface area contributed by atoms with Gasteiger partial charge in [-0.2, -0.15) is 4.37 Å². The molecule has 0 amide bonds. The van der Waals surface area contributed by atoms with Crippen molar-refractivity contribution in [1.82, 2.24) is 14.3 Å². The molecule has 1 aliphatic heterocycles.